The predicted octanol–water partition coefficient (Wildman–Crippen LogP) is 15.3. The highest BCUT2D eigenvalue weighted by molar-refractivity contribution is 7.26. The summed E-state index contributed by atoms with van der Waals surface area (Å²) in [6.07, 6.45) is 0. The molecule has 0 bridgehead atoms. The average Bonchev–Trinajstić information content (AvgIpc) is 3.97. The highest BCUT2D eigenvalue weighted by Crippen LogP contribution is 2.47. The van der Waals surface area contributed by atoms with Gasteiger partial charge in [0, 0.05) is 74.8 Å². The number of rotatable bonds is 4. The highest BCUT2D eigenvalue weighted by Gasteiger charge is 2.21. The van der Waals surface area contributed by atoms with Crippen molar-refractivity contribution in [3.8, 4) is 33.8 Å². The zero-order chi connectivity index (χ0) is 38.6. The maximum Gasteiger partial charge on any atom is 0.0788 e. The van der Waals surface area contributed by atoms with Crippen molar-refractivity contribution < 1.29 is 0 Å². The number of aromatic nitrogens is 3. The summed E-state index contributed by atoms with van der Waals surface area (Å²) in [5, 5.41) is 11.2. The van der Waals surface area contributed by atoms with Crippen molar-refractivity contribution in [1.29, 1.82) is 0 Å². The van der Waals surface area contributed by atoms with Gasteiger partial charge >= 0.3 is 0 Å². The van der Waals surface area contributed by atoms with E-state index in [1.165, 1.54) is 91.1 Å². The molecule has 0 atom stereocenters. The molecule has 0 amide bonds. The Balaban J connectivity index is 1.14. The van der Waals surface area contributed by atoms with Crippen LogP contribution in [0.4, 0.5) is 0 Å². The Kier molecular flexibility index (Phi) is 6.89. The molecule has 4 heterocycles. The van der Waals surface area contributed by atoms with Crippen molar-refractivity contribution in [3.05, 3.63) is 200 Å². The van der Waals surface area contributed by atoms with Crippen LogP contribution in [-0.4, -0.2) is 14.1 Å². The first kappa shape index (κ1) is 32.5. The number of para-hydroxylation sites is 5. The number of nitrogens with zero attached hydrogens (tertiary/aromatic N) is 3. The van der Waals surface area contributed by atoms with Gasteiger partial charge in [-0.3, -0.25) is 0 Å². The Morgan fingerprint density at radius 2 is 0.864 bits per heavy atom. The molecule has 9 aromatic carbocycles. The second-order valence-electron chi connectivity index (χ2n) is 15.5. The van der Waals surface area contributed by atoms with Crippen molar-refractivity contribution >= 4 is 96.8 Å². The second-order valence-corrected chi connectivity index (χ2v) is 16.5. The molecule has 0 N–H and O–H groups in total. The standard InChI is InChI=1S/C55H33N3S/c1-2-15-34(16-3-1)54-44-29-30-51-53(52(44)43-21-4-9-24-46(43)56-54)45-23-14-22-38(55(45)59-51)35-31-36(57-47-25-10-5-17-39(47)40-18-6-11-26-48(40)57)33-37(32-35)58-49-27-12-7-19-41(49)42-20-8-13-28-50(42)58/h1-33H. The van der Waals surface area contributed by atoms with Crippen molar-refractivity contribution in [2.24, 2.45) is 0 Å². The molecule has 4 aromatic heterocycles. The van der Waals surface area contributed by atoms with E-state index in [9.17, 15) is 0 Å². The SMILES string of the molecule is c1ccc(-c2nc3ccccc3c3c2ccc2sc4c(-c5cc(-n6c7ccccc7c7ccccc76)cc(-n6c7ccccc7c7ccccc76)c5)cccc4c23)cc1. The Morgan fingerprint density at radius 1 is 0.356 bits per heavy atom. The van der Waals surface area contributed by atoms with Gasteiger partial charge in [-0.25, -0.2) is 4.98 Å². The first-order valence-electron chi connectivity index (χ1n) is 20.1. The molecular weight excluding hydrogens is 735 g/mol. The third kappa shape index (κ3) is 4.72. The number of hydrogen-bond acceptors (Lipinski definition) is 2. The van der Waals surface area contributed by atoms with Gasteiger partial charge in [0.2, 0.25) is 0 Å². The number of benzene rings is 9. The van der Waals surface area contributed by atoms with E-state index >= 15 is 0 Å². The molecular formula is C55H33N3S. The molecule has 0 unspecified atom stereocenters. The van der Waals surface area contributed by atoms with Crippen molar-refractivity contribution in [1.82, 2.24) is 14.1 Å². The largest absolute Gasteiger partial charge is 0.309 e. The molecule has 274 valence electrons. The molecule has 0 aliphatic rings. The number of pyridine rings is 1. The van der Waals surface area contributed by atoms with E-state index in [2.05, 4.69) is 209 Å². The molecule has 0 saturated heterocycles. The molecule has 0 spiro atoms. The van der Waals surface area contributed by atoms with Gasteiger partial charge in [0.25, 0.3) is 0 Å². The smallest absolute Gasteiger partial charge is 0.0788 e. The Morgan fingerprint density at radius 3 is 1.46 bits per heavy atom. The summed E-state index contributed by atoms with van der Waals surface area (Å²) in [5.41, 5.74) is 12.6. The zero-order valence-electron chi connectivity index (χ0n) is 31.8. The summed E-state index contributed by atoms with van der Waals surface area (Å²) in [5.74, 6) is 0. The van der Waals surface area contributed by atoms with Crippen molar-refractivity contribution in [2.45, 2.75) is 0 Å². The fourth-order valence-electron chi connectivity index (χ4n) is 9.78. The first-order chi connectivity index (χ1) is 29.3. The van der Waals surface area contributed by atoms with Gasteiger partial charge in [-0.05, 0) is 65.7 Å². The van der Waals surface area contributed by atoms with Crippen LogP contribution in [0.1, 0.15) is 0 Å². The van der Waals surface area contributed by atoms with Crippen LogP contribution in [0.2, 0.25) is 0 Å². The topological polar surface area (TPSA) is 22.8 Å². The molecule has 0 fully saturated rings. The van der Waals surface area contributed by atoms with E-state index in [-0.39, 0.29) is 0 Å². The molecule has 0 aliphatic heterocycles. The van der Waals surface area contributed by atoms with Gasteiger partial charge in [0.1, 0.15) is 0 Å². The lowest BCUT2D eigenvalue weighted by Gasteiger charge is -2.16. The van der Waals surface area contributed by atoms with Gasteiger partial charge in [-0.2, -0.15) is 0 Å². The van der Waals surface area contributed by atoms with Gasteiger partial charge < -0.3 is 9.13 Å². The highest BCUT2D eigenvalue weighted by atomic mass is 32.1. The fourth-order valence-corrected chi connectivity index (χ4v) is 11.0. The maximum atomic E-state index is 5.26. The zero-order valence-corrected chi connectivity index (χ0v) is 32.6. The van der Waals surface area contributed by atoms with Gasteiger partial charge in [-0.15, -0.1) is 11.3 Å². The van der Waals surface area contributed by atoms with Crippen LogP contribution in [0, 0.1) is 0 Å². The number of hydrogen-bond donors (Lipinski definition) is 0. The minimum atomic E-state index is 1.01. The van der Waals surface area contributed by atoms with Crippen LogP contribution >= 0.6 is 11.3 Å². The molecule has 0 radical (unpaired) electrons. The summed E-state index contributed by atoms with van der Waals surface area (Å²) in [4.78, 5) is 5.26. The summed E-state index contributed by atoms with van der Waals surface area (Å²) < 4.78 is 7.46. The minimum absolute atomic E-state index is 1.01. The van der Waals surface area contributed by atoms with Crippen LogP contribution in [0.5, 0.6) is 0 Å². The van der Waals surface area contributed by atoms with E-state index in [1.807, 2.05) is 11.3 Å². The molecule has 3 nitrogen and oxygen atoms in total. The molecule has 0 saturated carbocycles. The van der Waals surface area contributed by atoms with E-state index in [0.717, 1.165) is 28.1 Å². The maximum absolute atomic E-state index is 5.26. The molecule has 0 aliphatic carbocycles. The van der Waals surface area contributed by atoms with Crippen LogP contribution in [0.3, 0.4) is 0 Å². The van der Waals surface area contributed by atoms with E-state index in [4.69, 9.17) is 4.98 Å². The fraction of sp³-hybridized carbons (Fsp3) is 0. The Bertz CT molecular complexity index is 3610. The Hall–Kier alpha value is -7.53. The van der Waals surface area contributed by atoms with Crippen LogP contribution in [0.25, 0.3) is 119 Å². The summed E-state index contributed by atoms with van der Waals surface area (Å²) in [6, 6.07) is 73.1. The van der Waals surface area contributed by atoms with Crippen molar-refractivity contribution in [2.75, 3.05) is 0 Å². The quantitative estimate of drug-likeness (QED) is 0.164. The lowest BCUT2D eigenvalue weighted by molar-refractivity contribution is 1.13. The number of fused-ring (bicyclic) bond motifs is 13. The normalized spacial score (nSPS) is 12.1. The minimum Gasteiger partial charge on any atom is -0.309 e. The van der Waals surface area contributed by atoms with E-state index in [1.54, 1.807) is 0 Å². The van der Waals surface area contributed by atoms with Crippen LogP contribution in [0.15, 0.2) is 200 Å². The second kappa shape index (κ2) is 12.5. The van der Waals surface area contributed by atoms with Gasteiger partial charge in [-0.1, -0.05) is 146 Å². The van der Waals surface area contributed by atoms with E-state index < -0.39 is 0 Å². The molecule has 13 aromatic rings. The van der Waals surface area contributed by atoms with Crippen LogP contribution < -0.4 is 0 Å². The first-order valence-corrected chi connectivity index (χ1v) is 20.9. The summed E-state index contributed by atoms with van der Waals surface area (Å²) >= 11 is 1.89. The summed E-state index contributed by atoms with van der Waals surface area (Å²) in [6.45, 7) is 0. The van der Waals surface area contributed by atoms with Gasteiger partial charge in [0.05, 0.1) is 33.3 Å². The van der Waals surface area contributed by atoms with Gasteiger partial charge in [0.15, 0.2) is 0 Å². The average molecular weight is 768 g/mol. The monoisotopic (exact) mass is 767 g/mol. The predicted molar refractivity (Wildman–Crippen MR) is 252 cm³/mol. The van der Waals surface area contributed by atoms with Crippen molar-refractivity contribution in [3.63, 3.8) is 0 Å². The third-order valence-corrected chi connectivity index (χ3v) is 13.5. The lowest BCUT2D eigenvalue weighted by atomic mass is 9.95. The Labute approximate surface area is 343 Å². The third-order valence-electron chi connectivity index (χ3n) is 12.3. The molecule has 4 heteroatoms. The van der Waals surface area contributed by atoms with Crippen LogP contribution in [-0.2, 0) is 0 Å². The number of thiophene rings is 1. The molecule has 59 heavy (non-hydrogen) atoms. The summed E-state index contributed by atoms with van der Waals surface area (Å²) in [7, 11) is 0. The lowest BCUT2D eigenvalue weighted by Crippen LogP contribution is -2.00. The van der Waals surface area contributed by atoms with E-state index in [0.29, 0.717) is 0 Å². The molecule has 13 rings (SSSR count).